The maximum absolute atomic E-state index is 13.0. The lowest BCUT2D eigenvalue weighted by Crippen LogP contribution is -2.25. The van der Waals surface area contributed by atoms with Crippen LogP contribution < -0.4 is 0 Å². The van der Waals surface area contributed by atoms with E-state index in [2.05, 4.69) is 4.99 Å². The van der Waals surface area contributed by atoms with Crippen molar-refractivity contribution >= 4 is 39.7 Å². The van der Waals surface area contributed by atoms with E-state index in [1.54, 1.807) is 35.7 Å². The number of ether oxygens (including phenoxy) is 1. The van der Waals surface area contributed by atoms with E-state index in [0.29, 0.717) is 16.9 Å². The molecule has 0 fully saturated rings. The van der Waals surface area contributed by atoms with Gasteiger partial charge in [-0.05, 0) is 42.8 Å². The van der Waals surface area contributed by atoms with Gasteiger partial charge in [-0.2, -0.15) is 0 Å². The Kier molecular flexibility index (Phi) is 6.68. The molecule has 1 aliphatic heterocycles. The average molecular weight is 404 g/mol. The fourth-order valence-electron chi connectivity index (χ4n) is 2.51. The summed E-state index contributed by atoms with van der Waals surface area (Å²) in [6, 6.07) is 12.4. The SMILES string of the molecule is C[C@@H](OC(=O)c1ccccc1CSC1=NCCS1)C(=O)c1ccc(F)cc1. The number of carbonyl (C=O) groups is 2. The van der Waals surface area contributed by atoms with Gasteiger partial charge in [-0.25, -0.2) is 9.18 Å². The second-order valence-electron chi connectivity index (χ2n) is 5.86. The predicted molar refractivity (Wildman–Crippen MR) is 108 cm³/mol. The van der Waals surface area contributed by atoms with Gasteiger partial charge in [-0.15, -0.1) is 0 Å². The van der Waals surface area contributed by atoms with Crippen molar-refractivity contribution in [1.29, 1.82) is 0 Å². The van der Waals surface area contributed by atoms with E-state index in [1.807, 2.05) is 12.1 Å². The molecule has 27 heavy (non-hydrogen) atoms. The fraction of sp³-hybridized carbons (Fsp3) is 0.250. The van der Waals surface area contributed by atoms with Crippen LogP contribution in [0.15, 0.2) is 53.5 Å². The van der Waals surface area contributed by atoms with Crippen LogP contribution in [0.2, 0.25) is 0 Å². The summed E-state index contributed by atoms with van der Waals surface area (Å²) in [6.07, 6.45) is -0.960. The topological polar surface area (TPSA) is 55.7 Å². The van der Waals surface area contributed by atoms with E-state index in [-0.39, 0.29) is 5.78 Å². The minimum Gasteiger partial charge on any atom is -0.451 e. The maximum atomic E-state index is 13.0. The van der Waals surface area contributed by atoms with Gasteiger partial charge in [0.25, 0.3) is 0 Å². The molecule has 3 rings (SSSR count). The number of esters is 1. The molecule has 2 aromatic rings. The lowest BCUT2D eigenvalue weighted by Gasteiger charge is -2.14. The Morgan fingerprint density at radius 2 is 1.96 bits per heavy atom. The van der Waals surface area contributed by atoms with Gasteiger partial charge < -0.3 is 4.74 Å². The zero-order chi connectivity index (χ0) is 19.2. The van der Waals surface area contributed by atoms with Crippen molar-refractivity contribution in [3.05, 3.63) is 71.0 Å². The van der Waals surface area contributed by atoms with E-state index in [1.165, 1.54) is 31.2 Å². The van der Waals surface area contributed by atoms with Crippen LogP contribution in [-0.4, -0.2) is 34.5 Å². The van der Waals surface area contributed by atoms with Crippen molar-refractivity contribution in [1.82, 2.24) is 0 Å². The molecule has 0 N–H and O–H groups in total. The third-order valence-electron chi connectivity index (χ3n) is 3.93. The summed E-state index contributed by atoms with van der Waals surface area (Å²) in [7, 11) is 0. The van der Waals surface area contributed by atoms with Gasteiger partial charge in [-0.3, -0.25) is 9.79 Å². The van der Waals surface area contributed by atoms with Crippen molar-refractivity contribution in [2.75, 3.05) is 12.3 Å². The molecule has 1 aliphatic rings. The monoisotopic (exact) mass is 403 g/mol. The van der Waals surface area contributed by atoms with Crippen LogP contribution in [0, 0.1) is 5.82 Å². The van der Waals surface area contributed by atoms with Crippen LogP contribution in [-0.2, 0) is 10.5 Å². The first-order chi connectivity index (χ1) is 13.0. The summed E-state index contributed by atoms with van der Waals surface area (Å²) in [5.74, 6) is 0.265. The molecule has 0 aliphatic carbocycles. The van der Waals surface area contributed by atoms with Crippen molar-refractivity contribution in [2.24, 2.45) is 4.99 Å². The first-order valence-electron chi connectivity index (χ1n) is 8.43. The Morgan fingerprint density at radius 3 is 2.67 bits per heavy atom. The Labute approximate surface area is 165 Å². The lowest BCUT2D eigenvalue weighted by molar-refractivity contribution is 0.0318. The van der Waals surface area contributed by atoms with Gasteiger partial charge in [0.05, 0.1) is 12.1 Å². The molecule has 0 unspecified atom stereocenters. The predicted octanol–water partition coefficient (Wildman–Crippen LogP) is 4.59. The number of halogens is 1. The number of carbonyl (C=O) groups excluding carboxylic acids is 2. The number of Topliss-reactive ketones (excluding diaryl/α,β-unsaturated/α-hetero) is 1. The van der Waals surface area contributed by atoms with Gasteiger partial charge in [0.1, 0.15) is 10.2 Å². The number of benzene rings is 2. The van der Waals surface area contributed by atoms with E-state index < -0.39 is 17.9 Å². The quantitative estimate of drug-likeness (QED) is 0.522. The maximum Gasteiger partial charge on any atom is 0.339 e. The number of rotatable bonds is 6. The fourth-order valence-corrected chi connectivity index (χ4v) is 4.53. The Hall–Kier alpha value is -2.12. The molecule has 0 saturated carbocycles. The third kappa shape index (κ3) is 5.20. The first-order valence-corrected chi connectivity index (χ1v) is 10.4. The van der Waals surface area contributed by atoms with Gasteiger partial charge >= 0.3 is 5.97 Å². The van der Waals surface area contributed by atoms with Crippen molar-refractivity contribution < 1.29 is 18.7 Å². The standard InChI is InChI=1S/C20H18FNO3S2/c1-13(18(23)14-6-8-16(21)9-7-14)25-19(24)17-5-3-2-4-15(17)12-27-20-22-10-11-26-20/h2-9,13H,10-12H2,1H3/t13-/m1/s1. The summed E-state index contributed by atoms with van der Waals surface area (Å²) >= 11 is 3.31. The highest BCUT2D eigenvalue weighted by Gasteiger charge is 2.22. The Morgan fingerprint density at radius 1 is 1.22 bits per heavy atom. The molecule has 4 nitrogen and oxygen atoms in total. The normalized spacial score (nSPS) is 14.5. The number of thioether (sulfide) groups is 2. The smallest absolute Gasteiger partial charge is 0.339 e. The molecule has 7 heteroatoms. The highest BCUT2D eigenvalue weighted by atomic mass is 32.2. The summed E-state index contributed by atoms with van der Waals surface area (Å²) < 4.78 is 19.4. The molecule has 0 spiro atoms. The van der Waals surface area contributed by atoms with E-state index in [0.717, 1.165) is 22.2 Å². The van der Waals surface area contributed by atoms with Gasteiger partial charge in [0.2, 0.25) is 5.78 Å². The molecular weight excluding hydrogens is 385 g/mol. The summed E-state index contributed by atoms with van der Waals surface area (Å²) in [5.41, 5.74) is 1.58. The minimum absolute atomic E-state index is 0.303. The van der Waals surface area contributed by atoms with E-state index >= 15 is 0 Å². The van der Waals surface area contributed by atoms with Crippen molar-refractivity contribution in [2.45, 2.75) is 18.8 Å². The van der Waals surface area contributed by atoms with Gasteiger partial charge in [-0.1, -0.05) is 41.7 Å². The molecule has 0 amide bonds. The molecule has 1 atom stereocenters. The van der Waals surface area contributed by atoms with E-state index in [9.17, 15) is 14.0 Å². The van der Waals surface area contributed by atoms with Crippen LogP contribution in [0.1, 0.15) is 33.2 Å². The van der Waals surface area contributed by atoms with Crippen molar-refractivity contribution in [3.63, 3.8) is 0 Å². The zero-order valence-corrected chi connectivity index (χ0v) is 16.3. The van der Waals surface area contributed by atoms with Crippen LogP contribution in [0.4, 0.5) is 4.39 Å². The van der Waals surface area contributed by atoms with Gasteiger partial charge in [0.15, 0.2) is 6.10 Å². The molecule has 0 bridgehead atoms. The second kappa shape index (κ2) is 9.19. The third-order valence-corrected chi connectivity index (χ3v) is 6.23. The van der Waals surface area contributed by atoms with Gasteiger partial charge in [0, 0.05) is 17.1 Å². The van der Waals surface area contributed by atoms with Crippen LogP contribution in [0.25, 0.3) is 0 Å². The number of hydrogen-bond acceptors (Lipinski definition) is 6. The largest absolute Gasteiger partial charge is 0.451 e. The summed E-state index contributed by atoms with van der Waals surface area (Å²) in [4.78, 5) is 29.4. The van der Waals surface area contributed by atoms with Crippen LogP contribution >= 0.6 is 23.5 Å². The molecule has 0 radical (unpaired) electrons. The average Bonchev–Trinajstić information content (AvgIpc) is 3.20. The summed E-state index contributed by atoms with van der Waals surface area (Å²) in [6.45, 7) is 2.35. The highest BCUT2D eigenvalue weighted by Crippen LogP contribution is 2.27. The molecule has 140 valence electrons. The zero-order valence-electron chi connectivity index (χ0n) is 14.7. The minimum atomic E-state index is -0.960. The number of hydrogen-bond donors (Lipinski definition) is 0. The van der Waals surface area contributed by atoms with E-state index in [4.69, 9.17) is 4.74 Å². The second-order valence-corrected chi connectivity index (χ2v) is 8.17. The first kappa shape index (κ1) is 19.6. The Bertz CT molecular complexity index is 868. The molecular formula is C20H18FNO3S2. The molecule has 2 aromatic carbocycles. The summed E-state index contributed by atoms with van der Waals surface area (Å²) in [5, 5.41) is 0. The molecule has 0 aromatic heterocycles. The molecule has 0 saturated heterocycles. The number of ketones is 1. The number of aliphatic imine (C=N–C) groups is 1. The van der Waals surface area contributed by atoms with Crippen LogP contribution in [0.5, 0.6) is 0 Å². The molecule has 1 heterocycles. The highest BCUT2D eigenvalue weighted by molar-refractivity contribution is 8.38. The van der Waals surface area contributed by atoms with Crippen molar-refractivity contribution in [3.8, 4) is 0 Å². The Balaban J connectivity index is 1.66. The number of nitrogens with zero attached hydrogens (tertiary/aromatic N) is 1. The van der Waals surface area contributed by atoms with Crippen LogP contribution in [0.3, 0.4) is 0 Å². The lowest BCUT2D eigenvalue weighted by atomic mass is 10.1.